The van der Waals surface area contributed by atoms with Gasteiger partial charge in [-0.05, 0) is 36.7 Å². The monoisotopic (exact) mass is 276 g/mol. The van der Waals surface area contributed by atoms with Crippen LogP contribution in [0.25, 0.3) is 10.9 Å². The number of nitrogens with zero attached hydrogens (tertiary/aromatic N) is 2. The fraction of sp³-hybridized carbons (Fsp3) is 0.0833. The van der Waals surface area contributed by atoms with E-state index in [4.69, 9.17) is 0 Å². The second-order valence-corrected chi connectivity index (χ2v) is 4.86. The molecule has 1 aromatic carbocycles. The molecule has 0 aliphatic heterocycles. The van der Waals surface area contributed by atoms with Crippen molar-refractivity contribution in [3.05, 3.63) is 41.5 Å². The number of rotatable bonds is 2. The lowest BCUT2D eigenvalue weighted by Crippen LogP contribution is -2.12. The number of carbonyl (C=O) groups is 1. The van der Waals surface area contributed by atoms with Crippen molar-refractivity contribution in [2.75, 3.05) is 5.32 Å². The Morgan fingerprint density at radius 1 is 1.47 bits per heavy atom. The first kappa shape index (κ1) is 11.8. The predicted octanol–water partition coefficient (Wildman–Crippen LogP) is 2.72. The molecule has 7 heteroatoms. The molecule has 0 spiro atoms. The molecule has 0 bridgehead atoms. The van der Waals surface area contributed by atoms with Crippen molar-refractivity contribution in [2.24, 2.45) is 0 Å². The van der Waals surface area contributed by atoms with Crippen LogP contribution in [0.15, 0.2) is 24.4 Å². The number of halogens is 1. The average Bonchev–Trinajstić information content (AvgIpc) is 2.96. The van der Waals surface area contributed by atoms with Crippen LogP contribution in [0.4, 0.5) is 9.39 Å². The number of amides is 1. The number of nitrogens with one attached hydrogen (secondary N) is 2. The summed E-state index contributed by atoms with van der Waals surface area (Å²) in [7, 11) is 0. The van der Waals surface area contributed by atoms with Crippen LogP contribution >= 0.6 is 11.5 Å². The average molecular weight is 276 g/mol. The van der Waals surface area contributed by atoms with Gasteiger partial charge in [0.15, 0.2) is 5.69 Å². The van der Waals surface area contributed by atoms with E-state index in [1.54, 1.807) is 12.3 Å². The number of benzene rings is 1. The van der Waals surface area contributed by atoms with Gasteiger partial charge >= 0.3 is 0 Å². The summed E-state index contributed by atoms with van der Waals surface area (Å²) in [6.45, 7) is 1.85. The molecule has 3 aromatic rings. The number of aromatic amines is 1. The number of hydrogen-bond acceptors (Lipinski definition) is 4. The van der Waals surface area contributed by atoms with Crippen LogP contribution in [0, 0.1) is 12.7 Å². The maximum absolute atomic E-state index is 13.2. The van der Waals surface area contributed by atoms with Crippen molar-refractivity contribution in [1.29, 1.82) is 0 Å². The molecule has 5 nitrogen and oxygen atoms in total. The number of fused-ring (bicyclic) bond motifs is 1. The van der Waals surface area contributed by atoms with Crippen molar-refractivity contribution in [3.63, 3.8) is 0 Å². The van der Waals surface area contributed by atoms with Gasteiger partial charge in [-0.3, -0.25) is 9.89 Å². The summed E-state index contributed by atoms with van der Waals surface area (Å²) >= 11 is 1.19. The van der Waals surface area contributed by atoms with E-state index in [2.05, 4.69) is 19.9 Å². The highest BCUT2D eigenvalue weighted by atomic mass is 32.1. The molecule has 0 atom stereocenters. The first-order valence-electron chi connectivity index (χ1n) is 5.51. The zero-order valence-electron chi connectivity index (χ0n) is 9.90. The Hall–Kier alpha value is -2.28. The number of carbonyl (C=O) groups excluding carboxylic acids is 1. The van der Waals surface area contributed by atoms with Gasteiger partial charge in [-0.1, -0.05) is 0 Å². The van der Waals surface area contributed by atoms with Crippen LogP contribution in [0.2, 0.25) is 0 Å². The highest BCUT2D eigenvalue weighted by Gasteiger charge is 2.16. The summed E-state index contributed by atoms with van der Waals surface area (Å²) < 4.78 is 17.2. The van der Waals surface area contributed by atoms with Crippen LogP contribution in [0.3, 0.4) is 0 Å². The predicted molar refractivity (Wildman–Crippen MR) is 70.9 cm³/mol. The van der Waals surface area contributed by atoms with Gasteiger partial charge < -0.3 is 5.32 Å². The van der Waals surface area contributed by atoms with Gasteiger partial charge in [0.1, 0.15) is 10.8 Å². The quantitative estimate of drug-likeness (QED) is 0.756. The lowest BCUT2D eigenvalue weighted by molar-refractivity contribution is 0.102. The molecule has 2 heterocycles. The summed E-state index contributed by atoms with van der Waals surface area (Å²) in [6.07, 6.45) is 1.67. The second-order valence-electron chi connectivity index (χ2n) is 4.05. The Morgan fingerprint density at radius 2 is 2.32 bits per heavy atom. The number of hydrogen-bond donors (Lipinski definition) is 2. The van der Waals surface area contributed by atoms with Crippen molar-refractivity contribution in [3.8, 4) is 0 Å². The van der Waals surface area contributed by atoms with E-state index >= 15 is 0 Å². The third-order valence-electron chi connectivity index (χ3n) is 2.72. The van der Waals surface area contributed by atoms with E-state index in [9.17, 15) is 9.18 Å². The van der Waals surface area contributed by atoms with Gasteiger partial charge in [0, 0.05) is 17.1 Å². The molecule has 0 fully saturated rings. The third-order valence-corrected chi connectivity index (χ3v) is 3.53. The van der Waals surface area contributed by atoms with E-state index in [1.807, 2.05) is 6.92 Å². The van der Waals surface area contributed by atoms with Crippen molar-refractivity contribution in [2.45, 2.75) is 6.92 Å². The van der Waals surface area contributed by atoms with Gasteiger partial charge in [-0.25, -0.2) is 4.39 Å². The van der Waals surface area contributed by atoms with Gasteiger partial charge in [0.2, 0.25) is 0 Å². The maximum Gasteiger partial charge on any atom is 0.277 e. The van der Waals surface area contributed by atoms with Gasteiger partial charge in [-0.2, -0.15) is 9.47 Å². The Balaban J connectivity index is 1.98. The Morgan fingerprint density at radius 3 is 3.05 bits per heavy atom. The van der Waals surface area contributed by atoms with E-state index in [-0.39, 0.29) is 11.6 Å². The minimum atomic E-state index is -0.406. The fourth-order valence-electron chi connectivity index (χ4n) is 1.73. The first-order chi connectivity index (χ1) is 9.15. The van der Waals surface area contributed by atoms with E-state index in [1.165, 1.54) is 23.7 Å². The summed E-state index contributed by atoms with van der Waals surface area (Å²) in [5, 5.41) is 10.5. The molecule has 19 heavy (non-hydrogen) atoms. The summed E-state index contributed by atoms with van der Waals surface area (Å²) in [5.41, 5.74) is 1.67. The molecule has 0 aliphatic rings. The standard InChI is InChI=1S/C12H9FN4OS/c1-6-5-14-19-12(6)15-11(18)10-8-4-7(13)2-3-9(8)16-17-10/h2-5H,1H3,(H,15,18)(H,16,17). The van der Waals surface area contributed by atoms with Crippen LogP contribution in [-0.2, 0) is 0 Å². The molecular weight excluding hydrogens is 267 g/mol. The SMILES string of the molecule is Cc1cnsc1NC(=O)c1n[nH]c2ccc(F)cc12. The summed E-state index contributed by atoms with van der Waals surface area (Å²) in [5.74, 6) is -0.791. The normalized spacial score (nSPS) is 10.8. The number of H-pyrrole nitrogens is 1. The lowest BCUT2D eigenvalue weighted by atomic mass is 10.2. The molecule has 0 unspecified atom stereocenters. The Bertz CT molecular complexity index is 764. The Kier molecular flexibility index (Phi) is 2.75. The van der Waals surface area contributed by atoms with Gasteiger partial charge in [-0.15, -0.1) is 0 Å². The molecule has 0 saturated carbocycles. The second kappa shape index (κ2) is 4.43. The van der Waals surface area contributed by atoms with Gasteiger partial charge in [0.05, 0.1) is 5.52 Å². The first-order valence-corrected chi connectivity index (χ1v) is 6.29. The molecular formula is C12H9FN4OS. The topological polar surface area (TPSA) is 70.7 Å². The van der Waals surface area contributed by atoms with Crippen molar-refractivity contribution >= 4 is 33.3 Å². The minimum Gasteiger partial charge on any atom is -0.311 e. The Labute approximate surface area is 111 Å². The molecule has 0 saturated heterocycles. The number of aryl methyl sites for hydroxylation is 1. The minimum absolute atomic E-state index is 0.169. The highest BCUT2D eigenvalue weighted by molar-refractivity contribution is 7.10. The van der Waals surface area contributed by atoms with Gasteiger partial charge in [0.25, 0.3) is 5.91 Å². The molecule has 3 rings (SSSR count). The highest BCUT2D eigenvalue weighted by Crippen LogP contribution is 2.22. The van der Waals surface area contributed by atoms with Crippen LogP contribution in [0.1, 0.15) is 16.1 Å². The molecule has 0 aliphatic carbocycles. The molecule has 96 valence electrons. The zero-order chi connectivity index (χ0) is 13.4. The third kappa shape index (κ3) is 2.08. The van der Waals surface area contributed by atoms with E-state index < -0.39 is 5.82 Å². The molecule has 1 amide bonds. The smallest absolute Gasteiger partial charge is 0.277 e. The zero-order valence-corrected chi connectivity index (χ0v) is 10.7. The van der Waals surface area contributed by atoms with Crippen LogP contribution in [-0.4, -0.2) is 20.5 Å². The molecule has 2 N–H and O–H groups in total. The van der Waals surface area contributed by atoms with E-state index in [0.29, 0.717) is 15.9 Å². The number of aromatic nitrogens is 3. The van der Waals surface area contributed by atoms with Crippen molar-refractivity contribution < 1.29 is 9.18 Å². The van der Waals surface area contributed by atoms with Crippen LogP contribution < -0.4 is 5.32 Å². The number of anilines is 1. The molecule has 0 radical (unpaired) electrons. The molecule has 2 aromatic heterocycles. The maximum atomic E-state index is 13.2. The largest absolute Gasteiger partial charge is 0.311 e. The van der Waals surface area contributed by atoms with Crippen LogP contribution in [0.5, 0.6) is 0 Å². The summed E-state index contributed by atoms with van der Waals surface area (Å²) in [4.78, 5) is 12.1. The van der Waals surface area contributed by atoms with Crippen molar-refractivity contribution in [1.82, 2.24) is 14.6 Å². The fourth-order valence-corrected chi connectivity index (χ4v) is 2.38. The lowest BCUT2D eigenvalue weighted by Gasteiger charge is -2.00. The summed E-state index contributed by atoms with van der Waals surface area (Å²) in [6, 6.07) is 4.15. The van der Waals surface area contributed by atoms with E-state index in [0.717, 1.165) is 5.56 Å².